The number of aliphatic hydroxyl groups is 2. The van der Waals surface area contributed by atoms with E-state index in [2.05, 4.69) is 15.0 Å². The van der Waals surface area contributed by atoms with Crippen molar-refractivity contribution < 1.29 is 46.3 Å². The van der Waals surface area contributed by atoms with Crippen molar-refractivity contribution in [2.45, 2.75) is 62.8 Å². The number of rotatable bonds is 10. The van der Waals surface area contributed by atoms with Gasteiger partial charge in [0.25, 0.3) is 5.91 Å². The van der Waals surface area contributed by atoms with Gasteiger partial charge in [0, 0.05) is 16.7 Å². The number of pyridine rings is 1. The first-order chi connectivity index (χ1) is 21.2. The summed E-state index contributed by atoms with van der Waals surface area (Å²) in [5, 5.41) is 22.8. The van der Waals surface area contributed by atoms with Crippen LogP contribution in [-0.4, -0.2) is 62.1 Å². The molecule has 4 N–H and O–H groups in total. The molecule has 9 nitrogen and oxygen atoms in total. The number of ether oxygens (including phenoxy) is 2. The van der Waals surface area contributed by atoms with Crippen LogP contribution in [0.5, 0.6) is 11.5 Å². The molecule has 0 spiro atoms. The number of carbonyl (C=O) groups excluding carboxylic acids is 1. The van der Waals surface area contributed by atoms with E-state index in [1.54, 1.807) is 27.7 Å². The summed E-state index contributed by atoms with van der Waals surface area (Å²) in [6.07, 6.45) is -6.15. The van der Waals surface area contributed by atoms with E-state index in [4.69, 9.17) is 21.1 Å². The molecular weight excluding hydrogens is 654 g/mol. The third-order valence-electron chi connectivity index (χ3n) is 7.14. The molecule has 0 bridgehead atoms. The highest BCUT2D eigenvalue weighted by Crippen LogP contribution is 2.47. The van der Waals surface area contributed by atoms with Crippen molar-refractivity contribution in [3.8, 4) is 22.8 Å². The minimum absolute atomic E-state index is 0.0250. The van der Waals surface area contributed by atoms with E-state index in [-0.39, 0.29) is 52.1 Å². The molecule has 1 aromatic heterocycles. The van der Waals surface area contributed by atoms with E-state index in [9.17, 15) is 36.8 Å². The minimum atomic E-state index is -5.35. The van der Waals surface area contributed by atoms with E-state index < -0.39 is 63.1 Å². The number of fused-ring (bicyclic) bond motifs is 1. The Hall–Kier alpha value is -3.30. The lowest BCUT2D eigenvalue weighted by molar-refractivity contribution is -0.265. The molecule has 1 unspecified atom stereocenters. The summed E-state index contributed by atoms with van der Waals surface area (Å²) in [6, 6.07) is 9.55. The van der Waals surface area contributed by atoms with Crippen molar-refractivity contribution in [2.24, 2.45) is 0 Å². The van der Waals surface area contributed by atoms with Gasteiger partial charge in [0.05, 0.1) is 44.6 Å². The number of alkyl halides is 3. The maximum Gasteiger partial charge on any atom is 0.424 e. The molecular formula is C31H34ClF4N3O6S. The fourth-order valence-corrected chi connectivity index (χ4v) is 5.58. The number of carbonyl (C=O) groups is 1. The molecule has 250 valence electrons. The highest BCUT2D eigenvalue weighted by atomic mass is 35.5. The number of aromatic nitrogens is 1. The maximum atomic E-state index is 14.8. The summed E-state index contributed by atoms with van der Waals surface area (Å²) < 4.78 is 84.5. The van der Waals surface area contributed by atoms with Gasteiger partial charge in [-0.3, -0.25) is 4.79 Å². The topological polar surface area (TPSA) is 130 Å². The smallest absolute Gasteiger partial charge is 0.424 e. The lowest BCUT2D eigenvalue weighted by Crippen LogP contribution is -2.52. The van der Waals surface area contributed by atoms with Crippen molar-refractivity contribution in [3.63, 3.8) is 0 Å². The Morgan fingerprint density at radius 3 is 2.39 bits per heavy atom. The molecule has 4 rings (SSSR count). The Morgan fingerprint density at radius 2 is 1.83 bits per heavy atom. The van der Waals surface area contributed by atoms with Crippen LogP contribution >= 0.6 is 11.6 Å². The Bertz CT molecular complexity index is 1630. The van der Waals surface area contributed by atoms with Crippen LogP contribution < -0.4 is 19.5 Å². The fourth-order valence-electron chi connectivity index (χ4n) is 4.46. The largest absolute Gasteiger partial charge is 0.489 e. The number of amides is 1. The molecule has 1 amide bonds. The molecule has 3 aromatic rings. The van der Waals surface area contributed by atoms with E-state index in [1.165, 1.54) is 37.3 Å². The predicted octanol–water partition coefficient (Wildman–Crippen LogP) is 5.14. The predicted molar refractivity (Wildman–Crippen MR) is 164 cm³/mol. The molecule has 2 aromatic carbocycles. The van der Waals surface area contributed by atoms with Crippen molar-refractivity contribution >= 4 is 28.5 Å². The van der Waals surface area contributed by atoms with E-state index in [1.807, 2.05) is 0 Å². The number of hydrogen-bond donors (Lipinski definition) is 4. The van der Waals surface area contributed by atoms with Crippen LogP contribution in [0, 0.1) is 5.82 Å². The molecule has 0 fully saturated rings. The van der Waals surface area contributed by atoms with Gasteiger partial charge >= 0.3 is 6.18 Å². The van der Waals surface area contributed by atoms with Gasteiger partial charge in [0.2, 0.25) is 5.60 Å². The lowest BCUT2D eigenvalue weighted by Gasteiger charge is -2.32. The van der Waals surface area contributed by atoms with E-state index in [0.29, 0.717) is 0 Å². The third kappa shape index (κ3) is 7.46. The zero-order valence-electron chi connectivity index (χ0n) is 25.6. The third-order valence-corrected chi connectivity index (χ3v) is 9.18. The first-order valence-electron chi connectivity index (χ1n) is 14.1. The monoisotopic (exact) mass is 687 g/mol. The van der Waals surface area contributed by atoms with Gasteiger partial charge in [-0.1, -0.05) is 11.6 Å². The number of hydrogen-bond acceptors (Lipinski definition) is 7. The highest BCUT2D eigenvalue weighted by Gasteiger charge is 2.57. The molecule has 46 heavy (non-hydrogen) atoms. The van der Waals surface area contributed by atoms with Crippen molar-refractivity contribution in [2.75, 3.05) is 19.8 Å². The van der Waals surface area contributed by atoms with Gasteiger partial charge in [-0.15, -0.1) is 0 Å². The van der Waals surface area contributed by atoms with Crippen LogP contribution in [0.2, 0.25) is 5.02 Å². The Balaban J connectivity index is 1.76. The van der Waals surface area contributed by atoms with Gasteiger partial charge in [0.15, 0.2) is 5.75 Å². The van der Waals surface area contributed by atoms with Gasteiger partial charge in [-0.05, 0) is 83.1 Å². The zero-order chi connectivity index (χ0) is 34.2. The minimum Gasteiger partial charge on any atom is -0.489 e. The van der Waals surface area contributed by atoms with Crippen LogP contribution in [0.1, 0.15) is 56.2 Å². The quantitative estimate of drug-likeness (QED) is 0.217. The second-order valence-electron chi connectivity index (χ2n) is 12.2. The summed E-state index contributed by atoms with van der Waals surface area (Å²) in [5.41, 5.74) is -5.80. The van der Waals surface area contributed by atoms with Crippen molar-refractivity contribution in [3.05, 3.63) is 76.2 Å². The average molecular weight is 688 g/mol. The number of nitrogens with one attached hydrogen (secondary N) is 2. The van der Waals surface area contributed by atoms with Crippen LogP contribution in [0.15, 0.2) is 48.5 Å². The van der Waals surface area contributed by atoms with Gasteiger partial charge in [-0.25, -0.2) is 18.3 Å². The van der Waals surface area contributed by atoms with Crippen molar-refractivity contribution in [1.29, 1.82) is 0 Å². The van der Waals surface area contributed by atoms with E-state index in [0.717, 1.165) is 18.2 Å². The van der Waals surface area contributed by atoms with Gasteiger partial charge in [0.1, 0.15) is 30.5 Å². The van der Waals surface area contributed by atoms with Gasteiger partial charge < -0.3 is 25.0 Å². The number of benzene rings is 2. The number of halogens is 5. The second kappa shape index (κ2) is 13.1. The Labute approximate surface area is 270 Å². The molecule has 0 saturated heterocycles. The molecule has 0 radical (unpaired) electrons. The van der Waals surface area contributed by atoms with Crippen LogP contribution in [0.4, 0.5) is 17.6 Å². The summed E-state index contributed by atoms with van der Waals surface area (Å²) in [5.74, 6) is -1.37. The molecule has 15 heteroatoms. The standard InChI is InChI=1S/C31H34ClF4N3O6S/c1-17(40)14-44-23-11-8-19(12-22(23)32)27(41)37-15-30(42,31(34,35)36)24-13-21-26(25(38-24)18-6-9-20(33)10-7-18)45-16-29(21,5)39-46(43)28(2,3)4/h6-13,17,39-40,42H,14-16H2,1-5H3,(H,37,41)/t17-,29-,30-,46?/m1/s1. The lowest BCUT2D eigenvalue weighted by atomic mass is 9.89. The second-order valence-corrected chi connectivity index (χ2v) is 14.6. The Morgan fingerprint density at radius 1 is 1.17 bits per heavy atom. The summed E-state index contributed by atoms with van der Waals surface area (Å²) in [6.45, 7) is 6.66. The maximum absolute atomic E-state index is 14.8. The van der Waals surface area contributed by atoms with Crippen molar-refractivity contribution in [1.82, 2.24) is 15.0 Å². The van der Waals surface area contributed by atoms with Crippen LogP contribution in [0.3, 0.4) is 0 Å². The molecule has 4 atom stereocenters. The van der Waals surface area contributed by atoms with E-state index >= 15 is 0 Å². The summed E-state index contributed by atoms with van der Waals surface area (Å²) >= 11 is 6.16. The highest BCUT2D eigenvalue weighted by molar-refractivity contribution is 7.84. The number of aliphatic hydroxyl groups excluding tert-OH is 1. The normalized spacial score (nSPS) is 19.0. The summed E-state index contributed by atoms with van der Waals surface area (Å²) in [7, 11) is -1.69. The fraction of sp³-hybridized carbons (Fsp3) is 0.419. The Kier molecular flexibility index (Phi) is 10.1. The van der Waals surface area contributed by atoms with Gasteiger partial charge in [-0.2, -0.15) is 13.2 Å². The zero-order valence-corrected chi connectivity index (χ0v) is 27.2. The molecule has 0 aliphatic carbocycles. The van der Waals surface area contributed by atoms with Crippen LogP contribution in [0.25, 0.3) is 11.3 Å². The molecule has 2 heterocycles. The average Bonchev–Trinajstić information content (AvgIpc) is 3.29. The molecule has 1 aliphatic rings. The molecule has 0 saturated carbocycles. The molecule has 1 aliphatic heterocycles. The first kappa shape index (κ1) is 35.6. The first-order valence-corrected chi connectivity index (χ1v) is 15.6. The summed E-state index contributed by atoms with van der Waals surface area (Å²) in [4.78, 5) is 17.1. The van der Waals surface area contributed by atoms with Crippen LogP contribution in [-0.2, 0) is 22.1 Å². The number of nitrogens with zero attached hydrogens (tertiary/aromatic N) is 1. The SMILES string of the molecule is C[C@@H](O)COc1ccc(C(=O)NC[C@@](O)(c2cc3c(c(-c4ccc(F)cc4)n2)OC[C@@]3(C)NS(=O)C(C)(C)C)C(F)(F)F)cc1Cl.